The Kier molecular flexibility index (Phi) is 4.46. The topological polar surface area (TPSA) is 21.3 Å². The van der Waals surface area contributed by atoms with Gasteiger partial charge in [0.2, 0.25) is 0 Å². The maximum Gasteiger partial charge on any atom is 0.167 e. The molecule has 0 aromatic heterocycles. The Labute approximate surface area is 101 Å². The zero-order valence-corrected chi connectivity index (χ0v) is 10.7. The summed E-state index contributed by atoms with van der Waals surface area (Å²) in [6.45, 7) is 6.54. The third-order valence-electron chi connectivity index (χ3n) is 2.69. The Morgan fingerprint density at radius 1 is 1.29 bits per heavy atom. The first-order valence-electron chi connectivity index (χ1n) is 5.59. The summed E-state index contributed by atoms with van der Waals surface area (Å²) in [5.74, 6) is -1.19. The molecule has 0 fully saturated rings. The van der Waals surface area contributed by atoms with Gasteiger partial charge in [-0.25, -0.2) is 8.78 Å². The normalized spacial score (nSPS) is 13.5. The summed E-state index contributed by atoms with van der Waals surface area (Å²) in [4.78, 5) is 0. The van der Waals surface area contributed by atoms with E-state index in [-0.39, 0.29) is 17.2 Å². The minimum atomic E-state index is -0.672. The number of hydrogen-bond donors (Lipinski definition) is 1. The molecule has 0 saturated carbocycles. The van der Waals surface area contributed by atoms with Crippen LogP contribution in [-0.2, 0) is 0 Å². The van der Waals surface area contributed by atoms with Crippen LogP contribution in [-0.4, -0.2) is 19.7 Å². The summed E-state index contributed by atoms with van der Waals surface area (Å²) in [5, 5.41) is 3.12. The zero-order chi connectivity index (χ0) is 13.1. The molecule has 0 saturated heterocycles. The highest BCUT2D eigenvalue weighted by atomic mass is 19.1. The van der Waals surface area contributed by atoms with Crippen LogP contribution in [0.4, 0.5) is 8.78 Å². The monoisotopic (exact) mass is 243 g/mol. The number of likely N-dealkylation sites (N-methyl/N-ethyl adjacent to an activating group) is 1. The van der Waals surface area contributed by atoms with Gasteiger partial charge in [-0.2, -0.15) is 0 Å². The maximum atomic E-state index is 13.3. The van der Waals surface area contributed by atoms with Crippen LogP contribution >= 0.6 is 0 Å². The fourth-order valence-corrected chi connectivity index (χ4v) is 1.53. The first-order chi connectivity index (χ1) is 7.84. The number of hydrogen-bond acceptors (Lipinski definition) is 2. The molecule has 0 spiro atoms. The average Bonchev–Trinajstić information content (AvgIpc) is 2.19. The lowest BCUT2D eigenvalue weighted by Gasteiger charge is -2.30. The molecule has 0 radical (unpaired) electrons. The van der Waals surface area contributed by atoms with E-state index >= 15 is 0 Å². The summed E-state index contributed by atoms with van der Waals surface area (Å²) >= 11 is 0. The van der Waals surface area contributed by atoms with Gasteiger partial charge in [0, 0.05) is 12.1 Å². The second-order valence-corrected chi connectivity index (χ2v) is 5.09. The fraction of sp³-hybridized carbons (Fsp3) is 0.538. The van der Waals surface area contributed by atoms with Crippen LogP contribution in [0.25, 0.3) is 0 Å². The molecule has 0 heterocycles. The molecular weight excluding hydrogens is 224 g/mol. The summed E-state index contributed by atoms with van der Waals surface area (Å²) in [6.07, 6.45) is 0. The third kappa shape index (κ3) is 3.97. The van der Waals surface area contributed by atoms with Crippen molar-refractivity contribution in [3.63, 3.8) is 0 Å². The highest BCUT2D eigenvalue weighted by Crippen LogP contribution is 2.22. The smallest absolute Gasteiger partial charge is 0.167 e. The van der Waals surface area contributed by atoms with Crippen molar-refractivity contribution in [3.8, 4) is 5.75 Å². The van der Waals surface area contributed by atoms with E-state index in [1.165, 1.54) is 12.1 Å². The van der Waals surface area contributed by atoms with Crippen molar-refractivity contribution in [3.05, 3.63) is 29.8 Å². The molecule has 2 nitrogen and oxygen atoms in total. The quantitative estimate of drug-likeness (QED) is 0.877. The van der Waals surface area contributed by atoms with E-state index in [0.29, 0.717) is 6.61 Å². The number of halogens is 2. The van der Waals surface area contributed by atoms with Gasteiger partial charge in [0.05, 0.1) is 0 Å². The molecule has 1 atom stereocenters. The van der Waals surface area contributed by atoms with Gasteiger partial charge in [0.1, 0.15) is 12.4 Å². The van der Waals surface area contributed by atoms with Crippen LogP contribution < -0.4 is 10.1 Å². The number of benzene rings is 1. The second kappa shape index (κ2) is 5.45. The van der Waals surface area contributed by atoms with Gasteiger partial charge in [0.15, 0.2) is 11.6 Å². The summed E-state index contributed by atoms with van der Waals surface area (Å²) in [5.41, 5.74) is 0.00521. The molecule has 96 valence electrons. The largest absolute Gasteiger partial charge is 0.489 e. The summed E-state index contributed by atoms with van der Waals surface area (Å²) in [7, 11) is 1.83. The van der Waals surface area contributed by atoms with E-state index < -0.39 is 11.6 Å². The maximum absolute atomic E-state index is 13.3. The van der Waals surface area contributed by atoms with E-state index in [9.17, 15) is 8.78 Å². The van der Waals surface area contributed by atoms with Crippen LogP contribution in [0.15, 0.2) is 18.2 Å². The lowest BCUT2D eigenvalue weighted by molar-refractivity contribution is 0.177. The van der Waals surface area contributed by atoms with Crippen LogP contribution in [0.5, 0.6) is 5.75 Å². The zero-order valence-electron chi connectivity index (χ0n) is 10.7. The van der Waals surface area contributed by atoms with Crippen molar-refractivity contribution in [2.45, 2.75) is 26.8 Å². The lowest BCUT2D eigenvalue weighted by Crippen LogP contribution is -2.42. The molecule has 0 bridgehead atoms. The van der Waals surface area contributed by atoms with Crippen molar-refractivity contribution in [2.24, 2.45) is 5.41 Å². The standard InChI is InChI=1S/C13H19F2NO/c1-13(2,3)12(16-4)8-17-11-6-5-9(14)7-10(11)15/h5-7,12,16H,8H2,1-4H3. The summed E-state index contributed by atoms with van der Waals surface area (Å²) < 4.78 is 31.4. The van der Waals surface area contributed by atoms with Crippen LogP contribution in [0.3, 0.4) is 0 Å². The molecule has 0 amide bonds. The Morgan fingerprint density at radius 2 is 1.94 bits per heavy atom. The van der Waals surface area contributed by atoms with Gasteiger partial charge in [-0.15, -0.1) is 0 Å². The number of nitrogens with one attached hydrogen (secondary N) is 1. The second-order valence-electron chi connectivity index (χ2n) is 5.09. The molecule has 0 aliphatic rings. The Bertz CT molecular complexity index is 374. The van der Waals surface area contributed by atoms with Gasteiger partial charge in [0.25, 0.3) is 0 Å². The van der Waals surface area contributed by atoms with Crippen LogP contribution in [0.2, 0.25) is 0 Å². The highest BCUT2D eigenvalue weighted by molar-refractivity contribution is 5.24. The third-order valence-corrected chi connectivity index (χ3v) is 2.69. The fourth-order valence-electron chi connectivity index (χ4n) is 1.53. The summed E-state index contributed by atoms with van der Waals surface area (Å²) in [6, 6.07) is 3.40. The van der Waals surface area contributed by atoms with E-state index in [0.717, 1.165) is 6.07 Å². The van der Waals surface area contributed by atoms with Crippen molar-refractivity contribution < 1.29 is 13.5 Å². The molecule has 1 N–H and O–H groups in total. The minimum Gasteiger partial charge on any atom is -0.489 e. The van der Waals surface area contributed by atoms with Crippen LogP contribution in [0.1, 0.15) is 20.8 Å². The van der Waals surface area contributed by atoms with Crippen molar-refractivity contribution >= 4 is 0 Å². The minimum absolute atomic E-state index is 0.00521. The van der Waals surface area contributed by atoms with Crippen LogP contribution in [0, 0.1) is 17.0 Å². The Hall–Kier alpha value is -1.16. The molecule has 1 aromatic rings. The molecule has 0 aliphatic carbocycles. The molecule has 17 heavy (non-hydrogen) atoms. The van der Waals surface area contributed by atoms with E-state index in [4.69, 9.17) is 4.74 Å². The van der Waals surface area contributed by atoms with Gasteiger partial charge >= 0.3 is 0 Å². The molecular formula is C13H19F2NO. The number of ether oxygens (including phenoxy) is 1. The number of rotatable bonds is 4. The predicted octanol–water partition coefficient (Wildman–Crippen LogP) is 2.98. The van der Waals surface area contributed by atoms with E-state index in [1.54, 1.807) is 0 Å². The average molecular weight is 243 g/mol. The van der Waals surface area contributed by atoms with Crippen molar-refractivity contribution in [2.75, 3.05) is 13.7 Å². The molecule has 1 aromatic carbocycles. The van der Waals surface area contributed by atoms with Gasteiger partial charge in [-0.3, -0.25) is 0 Å². The lowest BCUT2D eigenvalue weighted by atomic mass is 9.87. The molecule has 4 heteroatoms. The molecule has 0 aliphatic heterocycles. The predicted molar refractivity (Wildman–Crippen MR) is 64.2 cm³/mol. The van der Waals surface area contributed by atoms with E-state index in [1.807, 2.05) is 7.05 Å². The Balaban J connectivity index is 2.66. The SMILES string of the molecule is CNC(COc1ccc(F)cc1F)C(C)(C)C. The first-order valence-corrected chi connectivity index (χ1v) is 5.59. The van der Waals surface area contributed by atoms with Crippen molar-refractivity contribution in [1.82, 2.24) is 5.32 Å². The highest BCUT2D eigenvalue weighted by Gasteiger charge is 2.23. The van der Waals surface area contributed by atoms with E-state index in [2.05, 4.69) is 26.1 Å². The molecule has 1 rings (SSSR count). The van der Waals surface area contributed by atoms with Gasteiger partial charge in [-0.05, 0) is 24.6 Å². The Morgan fingerprint density at radius 3 is 2.41 bits per heavy atom. The van der Waals surface area contributed by atoms with Crippen molar-refractivity contribution in [1.29, 1.82) is 0 Å². The molecule has 1 unspecified atom stereocenters. The van der Waals surface area contributed by atoms with Gasteiger partial charge < -0.3 is 10.1 Å². The van der Waals surface area contributed by atoms with Gasteiger partial charge in [-0.1, -0.05) is 20.8 Å². The first kappa shape index (κ1) is 13.9.